The maximum absolute atomic E-state index is 13.4. The minimum Gasteiger partial charge on any atom is -0.480 e. The molecule has 220 valence electrons. The van der Waals surface area contributed by atoms with Gasteiger partial charge in [-0.3, -0.25) is 23.9 Å². The van der Waals surface area contributed by atoms with Crippen LogP contribution in [0.5, 0.6) is 0 Å². The van der Waals surface area contributed by atoms with Crippen LogP contribution in [0.4, 0.5) is 0 Å². The predicted molar refractivity (Wildman–Crippen MR) is 147 cm³/mol. The van der Waals surface area contributed by atoms with E-state index in [2.05, 4.69) is 10.6 Å². The van der Waals surface area contributed by atoms with Gasteiger partial charge >= 0.3 is 11.7 Å². The standard InChI is InChI=1S/C28H29N5O9/c29-17(13-15-7-3-1-4-8-15)24(37)30-18(14-16-9-5-2-6-10-16)25(38)32-20(27(39)40)23-21(35)22(36)26(42-23)33-12-11-19(34)31-28(33)41/h1-12,14,17,20-23,26,35-36H,13,29H2,(H,30,37)(H,32,38)(H,39,40)(H,31,34,41)/b18-14+. The fourth-order valence-corrected chi connectivity index (χ4v) is 4.38. The van der Waals surface area contributed by atoms with Crippen LogP contribution >= 0.6 is 0 Å². The molecule has 3 aromatic rings. The maximum atomic E-state index is 13.4. The Kier molecular flexibility index (Phi) is 9.44. The lowest BCUT2D eigenvalue weighted by molar-refractivity contribution is -0.148. The van der Waals surface area contributed by atoms with Crippen molar-refractivity contribution in [1.29, 1.82) is 0 Å². The van der Waals surface area contributed by atoms with Gasteiger partial charge in [-0.05, 0) is 23.6 Å². The van der Waals surface area contributed by atoms with Crippen molar-refractivity contribution in [1.82, 2.24) is 20.2 Å². The first-order chi connectivity index (χ1) is 20.0. The van der Waals surface area contributed by atoms with E-state index in [1.165, 1.54) is 6.08 Å². The first-order valence-electron chi connectivity index (χ1n) is 12.8. The largest absolute Gasteiger partial charge is 0.480 e. The molecule has 6 atom stereocenters. The lowest BCUT2D eigenvalue weighted by Gasteiger charge is -2.24. The first kappa shape index (κ1) is 30.1. The van der Waals surface area contributed by atoms with Crippen LogP contribution in [0.1, 0.15) is 17.4 Å². The number of carbonyl (C=O) groups excluding carboxylic acids is 2. The molecule has 0 saturated carbocycles. The molecule has 1 aromatic heterocycles. The summed E-state index contributed by atoms with van der Waals surface area (Å²) in [5, 5.41) is 35.7. The normalized spacial score (nSPS) is 21.7. The van der Waals surface area contributed by atoms with E-state index in [1.807, 2.05) is 11.1 Å². The van der Waals surface area contributed by atoms with Crippen molar-refractivity contribution < 1.29 is 34.4 Å². The molecule has 0 spiro atoms. The van der Waals surface area contributed by atoms with Crippen LogP contribution in [-0.2, 0) is 25.5 Å². The Morgan fingerprint density at radius 1 is 1.00 bits per heavy atom. The van der Waals surface area contributed by atoms with Crippen molar-refractivity contribution in [3.8, 4) is 0 Å². The van der Waals surface area contributed by atoms with Crippen LogP contribution < -0.4 is 27.6 Å². The van der Waals surface area contributed by atoms with Crippen molar-refractivity contribution in [2.45, 2.75) is 43.0 Å². The molecule has 2 amide bonds. The smallest absolute Gasteiger partial charge is 0.330 e. The number of carboxylic acid groups (broad SMARTS) is 1. The number of H-pyrrole nitrogens is 1. The Labute approximate surface area is 238 Å². The van der Waals surface area contributed by atoms with Gasteiger partial charge in [0.25, 0.3) is 11.5 Å². The second-order valence-corrected chi connectivity index (χ2v) is 9.53. The van der Waals surface area contributed by atoms with Crippen LogP contribution in [0.3, 0.4) is 0 Å². The Morgan fingerprint density at radius 2 is 1.64 bits per heavy atom. The van der Waals surface area contributed by atoms with E-state index in [0.717, 1.165) is 22.4 Å². The molecule has 0 aliphatic carbocycles. The molecule has 2 heterocycles. The zero-order valence-corrected chi connectivity index (χ0v) is 22.0. The molecule has 1 aliphatic heterocycles. The number of nitrogens with two attached hydrogens (primary N) is 1. The number of benzene rings is 2. The van der Waals surface area contributed by atoms with E-state index >= 15 is 0 Å². The molecule has 0 bridgehead atoms. The number of aliphatic hydroxyl groups is 2. The van der Waals surface area contributed by atoms with E-state index in [1.54, 1.807) is 54.6 Å². The maximum Gasteiger partial charge on any atom is 0.330 e. The van der Waals surface area contributed by atoms with Crippen LogP contribution in [0.2, 0.25) is 0 Å². The van der Waals surface area contributed by atoms with Crippen LogP contribution in [0.25, 0.3) is 6.08 Å². The van der Waals surface area contributed by atoms with Crippen molar-refractivity contribution in [2.24, 2.45) is 5.73 Å². The summed E-state index contributed by atoms with van der Waals surface area (Å²) in [5.74, 6) is -3.41. The lowest BCUT2D eigenvalue weighted by Crippen LogP contribution is -2.54. The molecule has 42 heavy (non-hydrogen) atoms. The number of aromatic amines is 1. The van der Waals surface area contributed by atoms with Gasteiger partial charge in [-0.25, -0.2) is 9.59 Å². The molecular weight excluding hydrogens is 550 g/mol. The Balaban J connectivity index is 1.56. The molecule has 14 heteroatoms. The Hall–Kier alpha value is -4.89. The van der Waals surface area contributed by atoms with Crippen LogP contribution in [0.15, 0.2) is 88.2 Å². The van der Waals surface area contributed by atoms with Gasteiger partial charge in [-0.15, -0.1) is 0 Å². The predicted octanol–water partition coefficient (Wildman–Crippen LogP) is -1.55. The number of nitrogens with zero attached hydrogens (tertiary/aromatic N) is 1. The summed E-state index contributed by atoms with van der Waals surface area (Å²) in [6.07, 6.45) is -4.51. The van der Waals surface area contributed by atoms with Crippen LogP contribution in [-0.4, -0.2) is 73.0 Å². The molecule has 0 radical (unpaired) electrons. The molecule has 1 aliphatic rings. The summed E-state index contributed by atoms with van der Waals surface area (Å²) in [6, 6.07) is 15.3. The second-order valence-electron chi connectivity index (χ2n) is 9.53. The summed E-state index contributed by atoms with van der Waals surface area (Å²) >= 11 is 0. The molecule has 4 rings (SSSR count). The number of amides is 2. The summed E-state index contributed by atoms with van der Waals surface area (Å²) in [5.41, 5.74) is 5.31. The van der Waals surface area contributed by atoms with Crippen molar-refractivity contribution in [2.75, 3.05) is 0 Å². The summed E-state index contributed by atoms with van der Waals surface area (Å²) in [7, 11) is 0. The highest BCUT2D eigenvalue weighted by Gasteiger charge is 2.50. The molecule has 2 aromatic carbocycles. The molecule has 1 saturated heterocycles. The van der Waals surface area contributed by atoms with E-state index in [4.69, 9.17) is 10.5 Å². The van der Waals surface area contributed by atoms with Crippen LogP contribution in [0, 0.1) is 0 Å². The van der Waals surface area contributed by atoms with E-state index < -0.39 is 65.7 Å². The highest BCUT2D eigenvalue weighted by molar-refractivity contribution is 6.03. The number of carboxylic acids is 1. The highest BCUT2D eigenvalue weighted by atomic mass is 16.6. The quantitative estimate of drug-likeness (QED) is 0.137. The average Bonchev–Trinajstić information content (AvgIpc) is 3.25. The Morgan fingerprint density at radius 3 is 2.26 bits per heavy atom. The molecule has 14 nitrogen and oxygen atoms in total. The zero-order chi connectivity index (χ0) is 30.4. The highest BCUT2D eigenvalue weighted by Crippen LogP contribution is 2.30. The number of ether oxygens (including phenoxy) is 1. The molecule has 8 N–H and O–H groups in total. The number of aliphatic hydroxyl groups excluding tert-OH is 2. The molecular formula is C28H29N5O9. The summed E-state index contributed by atoms with van der Waals surface area (Å²) in [4.78, 5) is 64.1. The van der Waals surface area contributed by atoms with Crippen molar-refractivity contribution >= 4 is 23.9 Å². The van der Waals surface area contributed by atoms with E-state index in [-0.39, 0.29) is 12.1 Å². The third-order valence-corrected chi connectivity index (χ3v) is 6.53. The minimum atomic E-state index is -1.94. The number of rotatable bonds is 10. The average molecular weight is 580 g/mol. The number of aromatic nitrogens is 2. The van der Waals surface area contributed by atoms with E-state index in [0.29, 0.717) is 5.56 Å². The first-order valence-corrected chi connectivity index (χ1v) is 12.8. The van der Waals surface area contributed by atoms with Gasteiger partial charge in [0.1, 0.15) is 24.0 Å². The van der Waals surface area contributed by atoms with Gasteiger partial charge < -0.3 is 36.4 Å². The molecule has 6 unspecified atom stereocenters. The minimum absolute atomic E-state index is 0.163. The monoisotopic (exact) mass is 579 g/mol. The van der Waals surface area contributed by atoms with Gasteiger partial charge in [-0.1, -0.05) is 60.7 Å². The fraction of sp³-hybridized carbons (Fsp3) is 0.250. The fourth-order valence-electron chi connectivity index (χ4n) is 4.38. The number of hydrogen-bond donors (Lipinski definition) is 7. The van der Waals surface area contributed by atoms with Crippen molar-refractivity contribution in [3.05, 3.63) is 111 Å². The zero-order valence-electron chi connectivity index (χ0n) is 22.0. The SMILES string of the molecule is NC(Cc1ccccc1)C(=O)N/C(=C/c1ccccc1)C(=O)NC(C(=O)O)C1OC(n2ccc(=O)[nH]c2=O)C(O)C1O. The third kappa shape index (κ3) is 7.05. The number of carbonyl (C=O) groups is 3. The number of hydrogen-bond acceptors (Lipinski definition) is 9. The van der Waals surface area contributed by atoms with Gasteiger partial charge in [0, 0.05) is 12.3 Å². The summed E-state index contributed by atoms with van der Waals surface area (Å²) in [6.45, 7) is 0. The second kappa shape index (κ2) is 13.2. The van der Waals surface area contributed by atoms with Gasteiger partial charge in [0.2, 0.25) is 5.91 Å². The third-order valence-electron chi connectivity index (χ3n) is 6.53. The number of aliphatic carboxylic acids is 1. The molecule has 1 fully saturated rings. The van der Waals surface area contributed by atoms with Gasteiger partial charge in [-0.2, -0.15) is 0 Å². The van der Waals surface area contributed by atoms with Gasteiger partial charge in [0.15, 0.2) is 12.3 Å². The summed E-state index contributed by atoms with van der Waals surface area (Å²) < 4.78 is 6.29. The van der Waals surface area contributed by atoms with Crippen molar-refractivity contribution in [3.63, 3.8) is 0 Å². The number of nitrogens with one attached hydrogen (secondary N) is 3. The van der Waals surface area contributed by atoms with E-state index in [9.17, 15) is 39.3 Å². The van der Waals surface area contributed by atoms with Gasteiger partial charge in [0.05, 0.1) is 6.04 Å². The topological polar surface area (TPSA) is 226 Å². The Bertz CT molecular complexity index is 1570. The lowest BCUT2D eigenvalue weighted by atomic mass is 10.0.